The Balaban J connectivity index is 2.05. The fourth-order valence-electron chi connectivity index (χ4n) is 2.26. The number of halogens is 1. The summed E-state index contributed by atoms with van der Waals surface area (Å²) in [5.41, 5.74) is -0.0239. The third-order valence-corrected chi connectivity index (χ3v) is 5.12. The van der Waals surface area contributed by atoms with Gasteiger partial charge in [0.25, 0.3) is 0 Å². The molecule has 0 spiro atoms. The maximum atomic E-state index is 12.2. The first-order valence-electron chi connectivity index (χ1n) is 6.37. The van der Waals surface area contributed by atoms with Crippen molar-refractivity contribution in [1.82, 2.24) is 10.0 Å². The number of hydrogen-bond donors (Lipinski definition) is 2. The molecule has 4 nitrogen and oxygen atoms in total. The second-order valence-corrected chi connectivity index (χ2v) is 7.58. The zero-order chi connectivity index (χ0) is 13.9. The van der Waals surface area contributed by atoms with Crippen molar-refractivity contribution in [3.63, 3.8) is 0 Å². The second-order valence-electron chi connectivity index (χ2n) is 5.37. The van der Waals surface area contributed by atoms with Crippen LogP contribution in [0, 0.1) is 5.41 Å². The lowest BCUT2D eigenvalue weighted by Gasteiger charge is -2.34. The molecule has 1 fully saturated rings. The number of rotatable bonds is 4. The molecule has 1 aliphatic rings. The minimum atomic E-state index is -3.48. The van der Waals surface area contributed by atoms with Crippen molar-refractivity contribution in [2.24, 2.45) is 5.41 Å². The van der Waals surface area contributed by atoms with E-state index in [2.05, 4.69) is 17.0 Å². The lowest BCUT2D eigenvalue weighted by molar-refractivity contribution is 0.238. The van der Waals surface area contributed by atoms with E-state index < -0.39 is 10.0 Å². The van der Waals surface area contributed by atoms with E-state index >= 15 is 0 Å². The molecular formula is C13H19ClN2O2S. The lowest BCUT2D eigenvalue weighted by atomic mass is 9.83. The monoisotopic (exact) mass is 302 g/mol. The Bertz CT molecular complexity index is 539. The fraction of sp³-hybridized carbons (Fsp3) is 0.538. The van der Waals surface area contributed by atoms with E-state index in [1.165, 1.54) is 6.07 Å². The van der Waals surface area contributed by atoms with E-state index in [9.17, 15) is 8.42 Å². The Kier molecular flexibility index (Phi) is 4.50. The van der Waals surface area contributed by atoms with Crippen molar-refractivity contribution in [2.45, 2.75) is 24.7 Å². The normalized spacial score (nSPS) is 24.3. The van der Waals surface area contributed by atoms with E-state index in [0.717, 1.165) is 25.9 Å². The van der Waals surface area contributed by atoms with Gasteiger partial charge in [-0.25, -0.2) is 13.1 Å². The van der Waals surface area contributed by atoms with Crippen LogP contribution in [0.4, 0.5) is 0 Å². The average Bonchev–Trinajstić information content (AvgIpc) is 2.38. The van der Waals surface area contributed by atoms with Crippen LogP contribution in [-0.2, 0) is 10.0 Å². The third-order valence-electron chi connectivity index (χ3n) is 3.48. The summed E-state index contributed by atoms with van der Waals surface area (Å²) in [4.78, 5) is 0.215. The van der Waals surface area contributed by atoms with Gasteiger partial charge in [0.2, 0.25) is 10.0 Å². The zero-order valence-electron chi connectivity index (χ0n) is 10.9. The number of piperidine rings is 1. The van der Waals surface area contributed by atoms with Gasteiger partial charge in [0.15, 0.2) is 0 Å². The van der Waals surface area contributed by atoms with Crippen molar-refractivity contribution in [3.05, 3.63) is 29.3 Å². The van der Waals surface area contributed by atoms with Crippen LogP contribution in [0.25, 0.3) is 0 Å². The van der Waals surface area contributed by atoms with Gasteiger partial charge in [0.05, 0.1) is 4.90 Å². The quantitative estimate of drug-likeness (QED) is 0.894. The minimum absolute atomic E-state index is 0.0239. The molecule has 19 heavy (non-hydrogen) atoms. The highest BCUT2D eigenvalue weighted by atomic mass is 35.5. The summed E-state index contributed by atoms with van der Waals surface area (Å²) >= 11 is 5.82. The highest BCUT2D eigenvalue weighted by Gasteiger charge is 2.28. The molecule has 0 aliphatic carbocycles. The fourth-order valence-corrected chi connectivity index (χ4v) is 3.76. The van der Waals surface area contributed by atoms with Crippen molar-refractivity contribution < 1.29 is 8.42 Å². The summed E-state index contributed by atoms with van der Waals surface area (Å²) in [7, 11) is -3.48. The summed E-state index contributed by atoms with van der Waals surface area (Å²) < 4.78 is 27.0. The molecule has 0 aromatic heterocycles. The Labute approximate surface area is 119 Å². The SMILES string of the molecule is CC1(CNS(=O)(=O)c2cccc(Cl)c2)CCCNC1. The Hall–Kier alpha value is -0.620. The predicted molar refractivity (Wildman–Crippen MR) is 76.9 cm³/mol. The van der Waals surface area contributed by atoms with Crippen molar-refractivity contribution in [1.29, 1.82) is 0 Å². The van der Waals surface area contributed by atoms with Crippen LogP contribution >= 0.6 is 11.6 Å². The van der Waals surface area contributed by atoms with Crippen molar-refractivity contribution in [2.75, 3.05) is 19.6 Å². The molecule has 0 bridgehead atoms. The molecule has 1 saturated heterocycles. The molecule has 0 amide bonds. The van der Waals surface area contributed by atoms with E-state index in [1.54, 1.807) is 18.2 Å². The van der Waals surface area contributed by atoms with Crippen LogP contribution in [0.3, 0.4) is 0 Å². The van der Waals surface area contributed by atoms with Gasteiger partial charge in [-0.1, -0.05) is 24.6 Å². The van der Waals surface area contributed by atoms with Gasteiger partial charge >= 0.3 is 0 Å². The van der Waals surface area contributed by atoms with E-state index in [1.807, 2.05) is 0 Å². The average molecular weight is 303 g/mol. The summed E-state index contributed by atoms with van der Waals surface area (Å²) in [6, 6.07) is 6.31. The first kappa shape index (κ1) is 14.8. The first-order valence-corrected chi connectivity index (χ1v) is 8.23. The van der Waals surface area contributed by atoms with E-state index in [-0.39, 0.29) is 10.3 Å². The molecule has 1 unspecified atom stereocenters. The van der Waals surface area contributed by atoms with E-state index in [4.69, 9.17) is 11.6 Å². The highest BCUT2D eigenvalue weighted by molar-refractivity contribution is 7.89. The highest BCUT2D eigenvalue weighted by Crippen LogP contribution is 2.25. The largest absolute Gasteiger partial charge is 0.316 e. The Morgan fingerprint density at radius 3 is 2.89 bits per heavy atom. The third kappa shape index (κ3) is 3.92. The number of hydrogen-bond acceptors (Lipinski definition) is 3. The smallest absolute Gasteiger partial charge is 0.240 e. The Morgan fingerprint density at radius 1 is 1.47 bits per heavy atom. The topological polar surface area (TPSA) is 58.2 Å². The molecule has 1 atom stereocenters. The van der Waals surface area contributed by atoms with Crippen LogP contribution in [-0.4, -0.2) is 28.1 Å². The van der Waals surface area contributed by atoms with Crippen molar-refractivity contribution >= 4 is 21.6 Å². The Morgan fingerprint density at radius 2 is 2.26 bits per heavy atom. The van der Waals surface area contributed by atoms with Gasteiger partial charge in [-0.05, 0) is 43.0 Å². The lowest BCUT2D eigenvalue weighted by Crippen LogP contribution is -2.45. The maximum Gasteiger partial charge on any atom is 0.240 e. The summed E-state index contributed by atoms with van der Waals surface area (Å²) in [5, 5.41) is 3.73. The standard InChI is InChI=1S/C13H19ClN2O2S/c1-13(6-3-7-15-9-13)10-16-19(17,18)12-5-2-4-11(14)8-12/h2,4-5,8,15-16H,3,6-7,9-10H2,1H3. The van der Waals surface area contributed by atoms with Gasteiger partial charge in [-0.15, -0.1) is 0 Å². The van der Waals surface area contributed by atoms with Gasteiger partial charge in [-0.3, -0.25) is 0 Å². The van der Waals surface area contributed by atoms with Crippen LogP contribution in [0.1, 0.15) is 19.8 Å². The second kappa shape index (κ2) is 5.79. The summed E-state index contributed by atoms with van der Waals surface area (Å²) in [6.45, 7) is 4.39. The van der Waals surface area contributed by atoms with Crippen LogP contribution in [0.15, 0.2) is 29.2 Å². The minimum Gasteiger partial charge on any atom is -0.316 e. The molecule has 0 saturated carbocycles. The molecule has 1 aromatic carbocycles. The first-order chi connectivity index (χ1) is 8.91. The van der Waals surface area contributed by atoms with Gasteiger partial charge in [-0.2, -0.15) is 0 Å². The van der Waals surface area contributed by atoms with E-state index in [0.29, 0.717) is 11.6 Å². The van der Waals surface area contributed by atoms with Gasteiger partial charge in [0.1, 0.15) is 0 Å². The summed E-state index contributed by atoms with van der Waals surface area (Å²) in [5.74, 6) is 0. The van der Waals surface area contributed by atoms with Crippen LogP contribution in [0.2, 0.25) is 5.02 Å². The van der Waals surface area contributed by atoms with Crippen LogP contribution < -0.4 is 10.0 Å². The molecule has 6 heteroatoms. The molecule has 1 aromatic rings. The van der Waals surface area contributed by atoms with Crippen LogP contribution in [0.5, 0.6) is 0 Å². The molecular weight excluding hydrogens is 284 g/mol. The molecule has 0 radical (unpaired) electrons. The molecule has 1 heterocycles. The molecule has 1 aliphatic heterocycles. The molecule has 2 rings (SSSR count). The number of nitrogens with one attached hydrogen (secondary N) is 2. The predicted octanol–water partition coefficient (Wildman–Crippen LogP) is 2.01. The molecule has 2 N–H and O–H groups in total. The van der Waals surface area contributed by atoms with Gasteiger partial charge in [0, 0.05) is 18.1 Å². The molecule has 106 valence electrons. The zero-order valence-corrected chi connectivity index (χ0v) is 12.5. The number of sulfonamides is 1. The maximum absolute atomic E-state index is 12.2. The number of benzene rings is 1. The van der Waals surface area contributed by atoms with Crippen molar-refractivity contribution in [3.8, 4) is 0 Å². The summed E-state index contributed by atoms with van der Waals surface area (Å²) in [6.07, 6.45) is 2.10. The van der Waals surface area contributed by atoms with Gasteiger partial charge < -0.3 is 5.32 Å².